The van der Waals surface area contributed by atoms with E-state index < -0.39 is 11.6 Å². The summed E-state index contributed by atoms with van der Waals surface area (Å²) in [6.45, 7) is 6.40. The molecule has 0 fully saturated rings. The van der Waals surface area contributed by atoms with Crippen LogP contribution in [0.5, 0.6) is 0 Å². The summed E-state index contributed by atoms with van der Waals surface area (Å²) < 4.78 is 5.67. The molecular formula is C26H42O3. The molecule has 0 aliphatic carbocycles. The van der Waals surface area contributed by atoms with Crippen molar-refractivity contribution in [1.29, 1.82) is 0 Å². The van der Waals surface area contributed by atoms with E-state index in [0.717, 1.165) is 51.4 Å². The van der Waals surface area contributed by atoms with E-state index >= 15 is 0 Å². The standard InChI is InChI=1S/C26H42O3/c1-4-7-8-9-10-11-12-13-14-15-16-17-18-19-20-21-22-23-24-29-26(5-2,6-3)25(27)28/h7-8,10-11,13-14,16-17,19-20H,4-6,9,12,15,18,21-24H2,1-3H3,(H,27,28)/b8-7-,11-10-,14-13-,17-16-,20-19-. The van der Waals surface area contributed by atoms with Crippen LogP contribution in [0.2, 0.25) is 0 Å². The number of carboxylic acids is 1. The van der Waals surface area contributed by atoms with Crippen LogP contribution in [0.3, 0.4) is 0 Å². The van der Waals surface area contributed by atoms with E-state index in [1.54, 1.807) is 0 Å². The van der Waals surface area contributed by atoms with E-state index in [1.165, 1.54) is 0 Å². The van der Waals surface area contributed by atoms with Gasteiger partial charge in [-0.2, -0.15) is 0 Å². The first-order valence-electron chi connectivity index (χ1n) is 11.2. The summed E-state index contributed by atoms with van der Waals surface area (Å²) in [5, 5.41) is 9.32. The molecule has 0 spiro atoms. The molecule has 0 atom stereocenters. The summed E-state index contributed by atoms with van der Waals surface area (Å²) in [5.74, 6) is -0.847. The van der Waals surface area contributed by atoms with E-state index in [1.807, 2.05) is 13.8 Å². The summed E-state index contributed by atoms with van der Waals surface area (Å²) in [6, 6.07) is 0. The van der Waals surface area contributed by atoms with Crippen LogP contribution >= 0.6 is 0 Å². The Morgan fingerprint density at radius 1 is 0.724 bits per heavy atom. The molecule has 0 radical (unpaired) electrons. The first-order valence-corrected chi connectivity index (χ1v) is 11.2. The molecule has 1 N–H and O–H groups in total. The average molecular weight is 403 g/mol. The molecule has 3 nitrogen and oxygen atoms in total. The van der Waals surface area contributed by atoms with Crippen molar-refractivity contribution in [3.63, 3.8) is 0 Å². The van der Waals surface area contributed by atoms with Gasteiger partial charge in [0.05, 0.1) is 0 Å². The second-order valence-corrected chi connectivity index (χ2v) is 7.06. The summed E-state index contributed by atoms with van der Waals surface area (Å²) in [5.41, 5.74) is -1.00. The van der Waals surface area contributed by atoms with Gasteiger partial charge in [0.15, 0.2) is 5.60 Å². The van der Waals surface area contributed by atoms with Crippen LogP contribution in [-0.2, 0) is 9.53 Å². The van der Waals surface area contributed by atoms with Gasteiger partial charge < -0.3 is 9.84 Å². The molecule has 0 aromatic carbocycles. The highest BCUT2D eigenvalue weighted by Crippen LogP contribution is 2.21. The van der Waals surface area contributed by atoms with Gasteiger partial charge in [0.25, 0.3) is 0 Å². The Morgan fingerprint density at radius 3 is 1.59 bits per heavy atom. The zero-order chi connectivity index (χ0) is 21.6. The zero-order valence-corrected chi connectivity index (χ0v) is 18.8. The molecular weight excluding hydrogens is 360 g/mol. The smallest absolute Gasteiger partial charge is 0.335 e. The quantitative estimate of drug-likeness (QED) is 0.190. The predicted molar refractivity (Wildman–Crippen MR) is 125 cm³/mol. The van der Waals surface area contributed by atoms with Crippen LogP contribution in [0.1, 0.15) is 85.0 Å². The van der Waals surface area contributed by atoms with Crippen LogP contribution in [0, 0.1) is 0 Å². The maximum absolute atomic E-state index is 11.4. The van der Waals surface area contributed by atoms with Crippen LogP contribution in [-0.4, -0.2) is 23.3 Å². The maximum atomic E-state index is 11.4. The minimum atomic E-state index is -1.00. The van der Waals surface area contributed by atoms with Crippen LogP contribution < -0.4 is 0 Å². The molecule has 0 unspecified atom stereocenters. The molecule has 0 aliphatic rings. The highest BCUT2D eigenvalue weighted by molar-refractivity contribution is 5.77. The lowest BCUT2D eigenvalue weighted by molar-refractivity contribution is -0.167. The van der Waals surface area contributed by atoms with Gasteiger partial charge in [-0.05, 0) is 64.2 Å². The molecule has 0 aliphatic heterocycles. The van der Waals surface area contributed by atoms with E-state index in [9.17, 15) is 9.90 Å². The van der Waals surface area contributed by atoms with Crippen molar-refractivity contribution in [1.82, 2.24) is 0 Å². The number of aliphatic carboxylic acids is 1. The summed E-state index contributed by atoms with van der Waals surface area (Å²) in [6.07, 6.45) is 31.0. The Labute approximate surface area is 178 Å². The van der Waals surface area contributed by atoms with Gasteiger partial charge >= 0.3 is 5.97 Å². The molecule has 0 aromatic rings. The van der Waals surface area contributed by atoms with Crippen molar-refractivity contribution in [2.24, 2.45) is 0 Å². The largest absolute Gasteiger partial charge is 0.479 e. The third kappa shape index (κ3) is 14.7. The van der Waals surface area contributed by atoms with E-state index in [2.05, 4.69) is 67.7 Å². The highest BCUT2D eigenvalue weighted by Gasteiger charge is 2.35. The number of hydrogen-bond acceptors (Lipinski definition) is 2. The maximum Gasteiger partial charge on any atom is 0.335 e. The SMILES string of the molecule is CC/C=C\C/C=C\C/C=C\C/C=C\C/C=C\CCCCOC(CC)(CC)C(=O)O. The Bertz CT molecular complexity index is 534. The Balaban J connectivity index is 3.68. The Hall–Kier alpha value is -1.87. The summed E-state index contributed by atoms with van der Waals surface area (Å²) in [7, 11) is 0. The van der Waals surface area contributed by atoms with Crippen LogP contribution in [0.4, 0.5) is 0 Å². The fourth-order valence-corrected chi connectivity index (χ4v) is 2.82. The lowest BCUT2D eigenvalue weighted by Gasteiger charge is -2.27. The first kappa shape index (κ1) is 27.1. The van der Waals surface area contributed by atoms with Gasteiger partial charge in [0, 0.05) is 6.61 Å². The molecule has 3 heteroatoms. The first-order chi connectivity index (χ1) is 14.1. The number of unbranched alkanes of at least 4 members (excludes halogenated alkanes) is 2. The van der Waals surface area contributed by atoms with Crippen molar-refractivity contribution in [3.8, 4) is 0 Å². The molecule has 0 amide bonds. The number of ether oxygens (including phenoxy) is 1. The Kier molecular flexibility index (Phi) is 18.2. The fourth-order valence-electron chi connectivity index (χ4n) is 2.82. The lowest BCUT2D eigenvalue weighted by Crippen LogP contribution is -2.40. The summed E-state index contributed by atoms with van der Waals surface area (Å²) in [4.78, 5) is 11.4. The second-order valence-electron chi connectivity index (χ2n) is 7.06. The minimum absolute atomic E-state index is 0.508. The number of allylic oxidation sites excluding steroid dienone is 10. The highest BCUT2D eigenvalue weighted by atomic mass is 16.5. The normalized spacial score (nSPS) is 13.2. The van der Waals surface area contributed by atoms with Gasteiger partial charge in [0.1, 0.15) is 0 Å². The van der Waals surface area contributed by atoms with Crippen LogP contribution in [0.15, 0.2) is 60.8 Å². The topological polar surface area (TPSA) is 46.5 Å². The van der Waals surface area contributed by atoms with Crippen molar-refractivity contribution >= 4 is 5.97 Å². The van der Waals surface area contributed by atoms with Crippen molar-refractivity contribution in [3.05, 3.63) is 60.8 Å². The Morgan fingerprint density at radius 2 is 1.17 bits per heavy atom. The predicted octanol–water partition coefficient (Wildman–Crippen LogP) is 7.57. The van der Waals surface area contributed by atoms with E-state index in [-0.39, 0.29) is 0 Å². The van der Waals surface area contributed by atoms with Gasteiger partial charge in [-0.25, -0.2) is 4.79 Å². The second kappa shape index (κ2) is 19.4. The lowest BCUT2D eigenvalue weighted by atomic mass is 9.97. The van der Waals surface area contributed by atoms with Gasteiger partial charge in [-0.1, -0.05) is 81.5 Å². The molecule has 0 heterocycles. The third-order valence-electron chi connectivity index (χ3n) is 4.83. The van der Waals surface area contributed by atoms with Gasteiger partial charge in [-0.3, -0.25) is 0 Å². The van der Waals surface area contributed by atoms with Gasteiger partial charge in [-0.15, -0.1) is 0 Å². The van der Waals surface area contributed by atoms with Crippen molar-refractivity contribution in [2.75, 3.05) is 6.61 Å². The van der Waals surface area contributed by atoms with Crippen molar-refractivity contribution < 1.29 is 14.6 Å². The monoisotopic (exact) mass is 402 g/mol. The molecule has 0 bridgehead atoms. The average Bonchev–Trinajstić information content (AvgIpc) is 2.72. The molecule has 0 aromatic heterocycles. The summed E-state index contributed by atoms with van der Waals surface area (Å²) >= 11 is 0. The number of hydrogen-bond donors (Lipinski definition) is 1. The molecule has 0 saturated heterocycles. The zero-order valence-electron chi connectivity index (χ0n) is 18.8. The molecule has 164 valence electrons. The molecule has 29 heavy (non-hydrogen) atoms. The molecule has 0 saturated carbocycles. The minimum Gasteiger partial charge on any atom is -0.479 e. The van der Waals surface area contributed by atoms with E-state index in [0.29, 0.717) is 19.4 Å². The van der Waals surface area contributed by atoms with E-state index in [4.69, 9.17) is 4.74 Å². The van der Waals surface area contributed by atoms with Crippen molar-refractivity contribution in [2.45, 2.75) is 90.6 Å². The fraction of sp³-hybridized carbons (Fsp3) is 0.577. The van der Waals surface area contributed by atoms with Crippen LogP contribution in [0.25, 0.3) is 0 Å². The number of rotatable bonds is 18. The van der Waals surface area contributed by atoms with Gasteiger partial charge in [0.2, 0.25) is 0 Å². The third-order valence-corrected chi connectivity index (χ3v) is 4.83. The number of carboxylic acid groups (broad SMARTS) is 1. The number of carbonyl (C=O) groups is 1. The molecule has 0 rings (SSSR count).